The van der Waals surface area contributed by atoms with E-state index in [2.05, 4.69) is 5.32 Å². The Morgan fingerprint density at radius 1 is 0.957 bits per heavy atom. The van der Waals surface area contributed by atoms with E-state index in [-0.39, 0.29) is 12.3 Å². The number of benzene rings is 2. The number of hydrogen-bond donors (Lipinski definition) is 1. The molecule has 0 aliphatic rings. The largest absolute Gasteiger partial charge is 0.495 e. The SMILES string of the molecule is COc1ccccc1NC(=O)Cc1cc(OC)c(OC)cc1C. The maximum absolute atomic E-state index is 12.3. The Morgan fingerprint density at radius 3 is 2.22 bits per heavy atom. The number of nitrogens with one attached hydrogen (secondary N) is 1. The maximum atomic E-state index is 12.3. The molecule has 0 aliphatic carbocycles. The smallest absolute Gasteiger partial charge is 0.228 e. The van der Waals surface area contributed by atoms with Crippen molar-refractivity contribution >= 4 is 11.6 Å². The third-order valence-corrected chi connectivity index (χ3v) is 3.57. The summed E-state index contributed by atoms with van der Waals surface area (Å²) in [6.45, 7) is 1.94. The first-order chi connectivity index (χ1) is 11.1. The topological polar surface area (TPSA) is 56.8 Å². The van der Waals surface area contributed by atoms with Crippen molar-refractivity contribution in [3.05, 3.63) is 47.5 Å². The zero-order valence-corrected chi connectivity index (χ0v) is 13.8. The van der Waals surface area contributed by atoms with Gasteiger partial charge < -0.3 is 19.5 Å². The molecule has 0 radical (unpaired) electrons. The van der Waals surface area contributed by atoms with Crippen LogP contribution >= 0.6 is 0 Å². The zero-order chi connectivity index (χ0) is 16.8. The highest BCUT2D eigenvalue weighted by Gasteiger charge is 2.13. The molecule has 5 heteroatoms. The number of anilines is 1. The number of carbonyl (C=O) groups excluding carboxylic acids is 1. The van der Waals surface area contributed by atoms with Crippen LogP contribution in [0.1, 0.15) is 11.1 Å². The van der Waals surface area contributed by atoms with Gasteiger partial charge in [0.1, 0.15) is 5.75 Å². The minimum Gasteiger partial charge on any atom is -0.495 e. The van der Waals surface area contributed by atoms with Gasteiger partial charge in [-0.1, -0.05) is 12.1 Å². The summed E-state index contributed by atoms with van der Waals surface area (Å²) in [5, 5.41) is 2.87. The van der Waals surface area contributed by atoms with Crippen LogP contribution in [0.5, 0.6) is 17.2 Å². The van der Waals surface area contributed by atoms with Gasteiger partial charge in [-0.05, 0) is 42.3 Å². The summed E-state index contributed by atoms with van der Waals surface area (Å²) in [4.78, 5) is 12.3. The van der Waals surface area contributed by atoms with Crippen LogP contribution in [0.2, 0.25) is 0 Å². The van der Waals surface area contributed by atoms with E-state index in [9.17, 15) is 4.79 Å². The average molecular weight is 315 g/mol. The fourth-order valence-corrected chi connectivity index (χ4v) is 2.33. The van der Waals surface area contributed by atoms with Crippen LogP contribution in [-0.2, 0) is 11.2 Å². The zero-order valence-electron chi connectivity index (χ0n) is 13.8. The molecule has 0 saturated heterocycles. The molecule has 0 spiro atoms. The summed E-state index contributed by atoms with van der Waals surface area (Å²) in [5.74, 6) is 1.77. The van der Waals surface area contributed by atoms with Crippen molar-refractivity contribution in [2.75, 3.05) is 26.6 Å². The molecule has 23 heavy (non-hydrogen) atoms. The molecule has 122 valence electrons. The Balaban J connectivity index is 2.17. The van der Waals surface area contributed by atoms with Crippen LogP contribution in [0.3, 0.4) is 0 Å². The lowest BCUT2D eigenvalue weighted by Gasteiger charge is -2.13. The summed E-state index contributed by atoms with van der Waals surface area (Å²) in [6, 6.07) is 11.0. The van der Waals surface area contributed by atoms with Crippen molar-refractivity contribution in [3.63, 3.8) is 0 Å². The van der Waals surface area contributed by atoms with Crippen molar-refractivity contribution in [1.29, 1.82) is 0 Å². The summed E-state index contributed by atoms with van der Waals surface area (Å²) in [5.41, 5.74) is 2.51. The number of methoxy groups -OCH3 is 3. The van der Waals surface area contributed by atoms with Crippen LogP contribution in [0.25, 0.3) is 0 Å². The quantitative estimate of drug-likeness (QED) is 0.889. The summed E-state index contributed by atoms with van der Waals surface area (Å²) in [6.07, 6.45) is 0.240. The number of para-hydroxylation sites is 2. The molecule has 2 aromatic carbocycles. The van der Waals surface area contributed by atoms with Gasteiger partial charge in [0.05, 0.1) is 33.4 Å². The van der Waals surface area contributed by atoms with Crippen molar-refractivity contribution in [1.82, 2.24) is 0 Å². The molecule has 0 atom stereocenters. The molecule has 1 N–H and O–H groups in total. The lowest BCUT2D eigenvalue weighted by Crippen LogP contribution is -2.15. The van der Waals surface area contributed by atoms with E-state index < -0.39 is 0 Å². The van der Waals surface area contributed by atoms with Gasteiger partial charge in [0, 0.05) is 0 Å². The molecular formula is C18H21NO4. The van der Waals surface area contributed by atoms with Gasteiger partial charge >= 0.3 is 0 Å². The van der Waals surface area contributed by atoms with E-state index in [1.165, 1.54) is 0 Å². The third-order valence-electron chi connectivity index (χ3n) is 3.57. The van der Waals surface area contributed by atoms with Gasteiger partial charge in [-0.25, -0.2) is 0 Å². The predicted octanol–water partition coefficient (Wildman–Crippen LogP) is 3.20. The van der Waals surface area contributed by atoms with Crippen molar-refractivity contribution in [2.45, 2.75) is 13.3 Å². The normalized spacial score (nSPS) is 10.1. The Hall–Kier alpha value is -2.69. The molecule has 0 aromatic heterocycles. The Labute approximate surface area is 136 Å². The Bertz CT molecular complexity index is 697. The van der Waals surface area contributed by atoms with Gasteiger partial charge in [-0.3, -0.25) is 4.79 Å². The lowest BCUT2D eigenvalue weighted by molar-refractivity contribution is -0.115. The fraction of sp³-hybridized carbons (Fsp3) is 0.278. The molecule has 0 bridgehead atoms. The van der Waals surface area contributed by atoms with E-state index in [0.717, 1.165) is 11.1 Å². The predicted molar refractivity (Wildman–Crippen MR) is 89.6 cm³/mol. The molecule has 1 amide bonds. The second kappa shape index (κ2) is 7.54. The molecular weight excluding hydrogens is 294 g/mol. The highest BCUT2D eigenvalue weighted by molar-refractivity contribution is 5.93. The molecule has 0 heterocycles. The van der Waals surface area contributed by atoms with E-state index in [1.807, 2.05) is 31.2 Å². The second-order valence-electron chi connectivity index (χ2n) is 5.06. The molecule has 2 rings (SSSR count). The first-order valence-electron chi connectivity index (χ1n) is 7.23. The van der Waals surface area contributed by atoms with Crippen LogP contribution in [0.4, 0.5) is 5.69 Å². The highest BCUT2D eigenvalue weighted by Crippen LogP contribution is 2.31. The molecule has 5 nitrogen and oxygen atoms in total. The van der Waals surface area contributed by atoms with E-state index >= 15 is 0 Å². The van der Waals surface area contributed by atoms with Gasteiger partial charge in [-0.15, -0.1) is 0 Å². The van der Waals surface area contributed by atoms with Crippen LogP contribution in [0, 0.1) is 6.92 Å². The number of hydrogen-bond acceptors (Lipinski definition) is 4. The molecule has 0 fully saturated rings. The van der Waals surface area contributed by atoms with Gasteiger partial charge in [-0.2, -0.15) is 0 Å². The molecule has 0 saturated carbocycles. The van der Waals surface area contributed by atoms with Crippen molar-refractivity contribution in [2.24, 2.45) is 0 Å². The van der Waals surface area contributed by atoms with Gasteiger partial charge in [0.25, 0.3) is 0 Å². The Kier molecular flexibility index (Phi) is 5.46. The summed E-state index contributed by atoms with van der Waals surface area (Å²) in [7, 11) is 4.74. The summed E-state index contributed by atoms with van der Waals surface area (Å²) >= 11 is 0. The van der Waals surface area contributed by atoms with Gasteiger partial charge in [0.2, 0.25) is 5.91 Å². The first kappa shape index (κ1) is 16.7. The van der Waals surface area contributed by atoms with Crippen LogP contribution in [-0.4, -0.2) is 27.2 Å². The average Bonchev–Trinajstić information content (AvgIpc) is 2.56. The minimum atomic E-state index is -0.121. The number of carbonyl (C=O) groups is 1. The second-order valence-corrected chi connectivity index (χ2v) is 5.06. The van der Waals surface area contributed by atoms with Gasteiger partial charge in [0.15, 0.2) is 11.5 Å². The fourth-order valence-electron chi connectivity index (χ4n) is 2.33. The number of ether oxygens (including phenoxy) is 3. The number of amides is 1. The number of aryl methyl sites for hydroxylation is 1. The first-order valence-corrected chi connectivity index (χ1v) is 7.23. The number of rotatable bonds is 6. The highest BCUT2D eigenvalue weighted by atomic mass is 16.5. The molecule has 2 aromatic rings. The molecule has 0 aliphatic heterocycles. The lowest BCUT2D eigenvalue weighted by atomic mass is 10.0. The Morgan fingerprint density at radius 2 is 1.57 bits per heavy atom. The monoisotopic (exact) mass is 315 g/mol. The van der Waals surface area contributed by atoms with Crippen LogP contribution < -0.4 is 19.5 Å². The maximum Gasteiger partial charge on any atom is 0.228 e. The molecule has 0 unspecified atom stereocenters. The minimum absolute atomic E-state index is 0.121. The van der Waals surface area contributed by atoms with E-state index in [0.29, 0.717) is 22.9 Å². The van der Waals surface area contributed by atoms with Crippen molar-refractivity contribution < 1.29 is 19.0 Å². The van der Waals surface area contributed by atoms with Crippen LogP contribution in [0.15, 0.2) is 36.4 Å². The summed E-state index contributed by atoms with van der Waals surface area (Å²) < 4.78 is 15.8. The van der Waals surface area contributed by atoms with E-state index in [1.54, 1.807) is 33.5 Å². The van der Waals surface area contributed by atoms with Crippen molar-refractivity contribution in [3.8, 4) is 17.2 Å². The van der Waals surface area contributed by atoms with E-state index in [4.69, 9.17) is 14.2 Å². The standard InChI is InChI=1S/C18H21NO4/c1-12-9-16(22-3)17(23-4)10-13(12)11-18(20)19-14-7-5-6-8-15(14)21-2/h5-10H,11H2,1-4H3,(H,19,20). The third kappa shape index (κ3) is 3.94.